The van der Waals surface area contributed by atoms with Crippen molar-refractivity contribution in [2.24, 2.45) is 0 Å². The maximum Gasteiger partial charge on any atom is 0.175 e. The highest BCUT2D eigenvalue weighted by atomic mass is 32.2. The first-order chi connectivity index (χ1) is 10.4. The van der Waals surface area contributed by atoms with Crippen LogP contribution in [0.4, 0.5) is 4.39 Å². The largest absolute Gasteiger partial charge is 0.244 e. The molecule has 0 saturated carbocycles. The molecule has 0 amide bonds. The van der Waals surface area contributed by atoms with E-state index in [2.05, 4.69) is 4.98 Å². The molecule has 0 fully saturated rings. The molecule has 0 radical (unpaired) electrons. The molecule has 0 N–H and O–H groups in total. The first-order valence-electron chi connectivity index (χ1n) is 6.45. The molecule has 22 heavy (non-hydrogen) atoms. The molecule has 6 heteroatoms. The van der Waals surface area contributed by atoms with Gasteiger partial charge in [-0.05, 0) is 42.0 Å². The standard InChI is InChI=1S/C16H12FNO2S2/c1-22(19,20)14-8-4-12(5-9-14)16-15(18-10-21-16)11-2-6-13(17)7-3-11/h2-10H,1H3. The van der Waals surface area contributed by atoms with Crippen molar-refractivity contribution in [2.45, 2.75) is 4.90 Å². The Morgan fingerprint density at radius 3 is 2.14 bits per heavy atom. The number of nitrogens with zero attached hydrogens (tertiary/aromatic N) is 1. The van der Waals surface area contributed by atoms with Crippen molar-refractivity contribution in [3.8, 4) is 21.7 Å². The van der Waals surface area contributed by atoms with Crippen LogP contribution in [0.5, 0.6) is 0 Å². The molecule has 0 atom stereocenters. The van der Waals surface area contributed by atoms with E-state index in [1.807, 2.05) is 0 Å². The number of benzene rings is 2. The Labute approximate surface area is 132 Å². The summed E-state index contributed by atoms with van der Waals surface area (Å²) < 4.78 is 36.0. The Balaban J connectivity index is 2.03. The van der Waals surface area contributed by atoms with Crippen LogP contribution in [0.1, 0.15) is 0 Å². The highest BCUT2D eigenvalue weighted by Gasteiger charge is 2.12. The first kappa shape index (κ1) is 14.9. The van der Waals surface area contributed by atoms with Crippen LogP contribution in [-0.4, -0.2) is 19.7 Å². The van der Waals surface area contributed by atoms with Crippen molar-refractivity contribution in [2.75, 3.05) is 6.26 Å². The van der Waals surface area contributed by atoms with E-state index >= 15 is 0 Å². The molecule has 1 heterocycles. The minimum atomic E-state index is -3.21. The highest BCUT2D eigenvalue weighted by molar-refractivity contribution is 7.90. The molecular weight excluding hydrogens is 321 g/mol. The molecule has 0 spiro atoms. The predicted molar refractivity (Wildman–Crippen MR) is 86.1 cm³/mol. The van der Waals surface area contributed by atoms with Crippen LogP contribution in [0.25, 0.3) is 21.7 Å². The minimum Gasteiger partial charge on any atom is -0.244 e. The number of sulfone groups is 1. The molecule has 3 rings (SSSR count). The maximum atomic E-state index is 13.0. The van der Waals surface area contributed by atoms with E-state index in [4.69, 9.17) is 0 Å². The molecular formula is C16H12FNO2S2. The van der Waals surface area contributed by atoms with Gasteiger partial charge in [0.05, 0.1) is 21.0 Å². The van der Waals surface area contributed by atoms with Crippen molar-refractivity contribution >= 4 is 21.2 Å². The van der Waals surface area contributed by atoms with Gasteiger partial charge in [0.1, 0.15) is 5.82 Å². The Hall–Kier alpha value is -2.05. The quantitative estimate of drug-likeness (QED) is 0.727. The van der Waals surface area contributed by atoms with Gasteiger partial charge in [-0.25, -0.2) is 17.8 Å². The Kier molecular flexibility index (Phi) is 3.80. The Bertz CT molecular complexity index is 898. The minimum absolute atomic E-state index is 0.282. The summed E-state index contributed by atoms with van der Waals surface area (Å²) in [4.78, 5) is 5.55. The lowest BCUT2D eigenvalue weighted by Gasteiger charge is -2.04. The molecule has 112 valence electrons. The summed E-state index contributed by atoms with van der Waals surface area (Å²) >= 11 is 1.46. The molecule has 3 nitrogen and oxygen atoms in total. The van der Waals surface area contributed by atoms with Gasteiger partial charge < -0.3 is 0 Å². The number of aromatic nitrogens is 1. The summed E-state index contributed by atoms with van der Waals surface area (Å²) in [6.07, 6.45) is 1.18. The van der Waals surface area contributed by atoms with Crippen molar-refractivity contribution in [1.82, 2.24) is 4.98 Å². The zero-order chi connectivity index (χ0) is 15.7. The molecule has 0 aliphatic carbocycles. The zero-order valence-electron chi connectivity index (χ0n) is 11.7. The summed E-state index contributed by atoms with van der Waals surface area (Å²) in [6, 6.07) is 12.8. The number of halogens is 1. The van der Waals surface area contributed by atoms with Gasteiger partial charge in [0.2, 0.25) is 0 Å². The maximum absolute atomic E-state index is 13.0. The second-order valence-corrected chi connectivity index (χ2v) is 7.70. The molecule has 0 bridgehead atoms. The van der Waals surface area contributed by atoms with Crippen LogP contribution >= 0.6 is 11.3 Å². The SMILES string of the molecule is CS(=O)(=O)c1ccc(-c2scnc2-c2ccc(F)cc2)cc1. The third-order valence-corrected chi connectivity index (χ3v) is 5.23. The lowest BCUT2D eigenvalue weighted by molar-refractivity contribution is 0.602. The Morgan fingerprint density at radius 1 is 0.955 bits per heavy atom. The van der Waals surface area contributed by atoms with Crippen molar-refractivity contribution in [1.29, 1.82) is 0 Å². The van der Waals surface area contributed by atoms with Gasteiger partial charge in [0, 0.05) is 11.8 Å². The number of hydrogen-bond donors (Lipinski definition) is 0. The number of thiazole rings is 1. The summed E-state index contributed by atoms with van der Waals surface area (Å²) in [5.41, 5.74) is 4.19. The van der Waals surface area contributed by atoms with Gasteiger partial charge in [0.25, 0.3) is 0 Å². The smallest absolute Gasteiger partial charge is 0.175 e. The van der Waals surface area contributed by atoms with Gasteiger partial charge >= 0.3 is 0 Å². The van der Waals surface area contributed by atoms with Gasteiger partial charge in [0.15, 0.2) is 9.84 Å². The zero-order valence-corrected chi connectivity index (χ0v) is 13.3. The predicted octanol–water partition coefficient (Wildman–Crippen LogP) is 4.02. The number of hydrogen-bond acceptors (Lipinski definition) is 4. The lowest BCUT2D eigenvalue weighted by atomic mass is 10.1. The third kappa shape index (κ3) is 2.93. The van der Waals surface area contributed by atoms with E-state index in [1.165, 1.54) is 29.7 Å². The summed E-state index contributed by atoms with van der Waals surface area (Å²) in [5, 5.41) is 0. The molecule has 1 aromatic heterocycles. The normalized spacial score (nSPS) is 11.5. The van der Waals surface area contributed by atoms with Gasteiger partial charge in [-0.1, -0.05) is 12.1 Å². The summed E-state index contributed by atoms with van der Waals surface area (Å²) in [7, 11) is -3.21. The van der Waals surface area contributed by atoms with Gasteiger partial charge in [-0.3, -0.25) is 0 Å². The van der Waals surface area contributed by atoms with E-state index in [1.54, 1.807) is 41.9 Å². The van der Waals surface area contributed by atoms with Crippen LogP contribution in [0.2, 0.25) is 0 Å². The van der Waals surface area contributed by atoms with Crippen LogP contribution in [0.15, 0.2) is 58.9 Å². The van der Waals surface area contributed by atoms with Crippen molar-refractivity contribution < 1.29 is 12.8 Å². The molecule has 2 aromatic carbocycles. The van der Waals surface area contributed by atoms with E-state index in [0.717, 1.165) is 21.7 Å². The topological polar surface area (TPSA) is 47.0 Å². The molecule has 0 saturated heterocycles. The second-order valence-electron chi connectivity index (χ2n) is 4.83. The van der Waals surface area contributed by atoms with E-state index in [9.17, 15) is 12.8 Å². The molecule has 0 unspecified atom stereocenters. The van der Waals surface area contributed by atoms with E-state index in [0.29, 0.717) is 0 Å². The monoisotopic (exact) mass is 333 g/mol. The fourth-order valence-corrected chi connectivity index (χ4v) is 3.57. The highest BCUT2D eigenvalue weighted by Crippen LogP contribution is 2.35. The third-order valence-electron chi connectivity index (χ3n) is 3.23. The van der Waals surface area contributed by atoms with E-state index in [-0.39, 0.29) is 10.7 Å². The van der Waals surface area contributed by atoms with Crippen LogP contribution in [0, 0.1) is 5.82 Å². The van der Waals surface area contributed by atoms with Gasteiger partial charge in [-0.15, -0.1) is 11.3 Å². The van der Waals surface area contributed by atoms with Crippen LogP contribution < -0.4 is 0 Å². The van der Waals surface area contributed by atoms with Crippen molar-refractivity contribution in [3.05, 3.63) is 59.9 Å². The lowest BCUT2D eigenvalue weighted by Crippen LogP contribution is -1.96. The van der Waals surface area contributed by atoms with Crippen molar-refractivity contribution in [3.63, 3.8) is 0 Å². The van der Waals surface area contributed by atoms with E-state index < -0.39 is 9.84 Å². The summed E-state index contributed by atoms with van der Waals surface area (Å²) in [5.74, 6) is -0.293. The Morgan fingerprint density at radius 2 is 1.55 bits per heavy atom. The average Bonchev–Trinajstić information content (AvgIpc) is 2.97. The van der Waals surface area contributed by atoms with Crippen LogP contribution in [0.3, 0.4) is 0 Å². The fourth-order valence-electron chi connectivity index (χ4n) is 2.12. The summed E-state index contributed by atoms with van der Waals surface area (Å²) in [6.45, 7) is 0. The van der Waals surface area contributed by atoms with Gasteiger partial charge in [-0.2, -0.15) is 0 Å². The molecule has 3 aromatic rings. The molecule has 0 aliphatic heterocycles. The molecule has 0 aliphatic rings. The number of rotatable bonds is 3. The fraction of sp³-hybridized carbons (Fsp3) is 0.0625. The first-order valence-corrected chi connectivity index (χ1v) is 9.22. The second kappa shape index (κ2) is 5.62. The van der Waals surface area contributed by atoms with Crippen LogP contribution in [-0.2, 0) is 9.84 Å². The average molecular weight is 333 g/mol.